The topological polar surface area (TPSA) is 30.9 Å². The first-order chi connectivity index (χ1) is 9.88. The molecule has 0 amide bonds. The predicted octanol–water partition coefficient (Wildman–Crippen LogP) is 2.37. The number of rotatable bonds is 6. The standard InChI is InChI=1S/C16H34N4S/c1-7-17-15(18-13-16(4,5)21-6)20-10-8-19(9-11-20)12-14(2)3/h14H,7-13H2,1-6H3,(H,17,18). The molecule has 4 nitrogen and oxygen atoms in total. The second kappa shape index (κ2) is 8.89. The van der Waals surface area contributed by atoms with Crippen molar-refractivity contribution in [2.24, 2.45) is 10.9 Å². The van der Waals surface area contributed by atoms with Crippen molar-refractivity contribution >= 4 is 17.7 Å². The maximum Gasteiger partial charge on any atom is 0.194 e. The fourth-order valence-corrected chi connectivity index (χ4v) is 2.61. The molecule has 0 atom stereocenters. The van der Waals surface area contributed by atoms with Crippen molar-refractivity contribution in [2.45, 2.75) is 39.4 Å². The Balaban J connectivity index is 2.56. The van der Waals surface area contributed by atoms with Crippen LogP contribution in [0.5, 0.6) is 0 Å². The largest absolute Gasteiger partial charge is 0.357 e. The molecule has 0 unspecified atom stereocenters. The molecule has 1 N–H and O–H groups in total. The van der Waals surface area contributed by atoms with E-state index < -0.39 is 0 Å². The number of hydrogen-bond acceptors (Lipinski definition) is 3. The van der Waals surface area contributed by atoms with Gasteiger partial charge in [0.25, 0.3) is 0 Å². The summed E-state index contributed by atoms with van der Waals surface area (Å²) in [5.41, 5.74) is 0. The van der Waals surface area contributed by atoms with Crippen molar-refractivity contribution in [1.29, 1.82) is 0 Å². The molecule has 1 heterocycles. The van der Waals surface area contributed by atoms with Crippen molar-refractivity contribution in [3.8, 4) is 0 Å². The third kappa shape index (κ3) is 6.92. The van der Waals surface area contributed by atoms with Gasteiger partial charge >= 0.3 is 0 Å². The average Bonchev–Trinajstić information content (AvgIpc) is 2.44. The van der Waals surface area contributed by atoms with Crippen molar-refractivity contribution in [3.05, 3.63) is 0 Å². The molecule has 0 aromatic rings. The fraction of sp³-hybridized carbons (Fsp3) is 0.938. The summed E-state index contributed by atoms with van der Waals surface area (Å²) in [7, 11) is 0. The molecule has 0 bridgehead atoms. The van der Waals surface area contributed by atoms with E-state index in [1.165, 1.54) is 6.54 Å². The van der Waals surface area contributed by atoms with Crippen LogP contribution in [0.4, 0.5) is 0 Å². The van der Waals surface area contributed by atoms with Gasteiger partial charge in [-0.2, -0.15) is 11.8 Å². The molecule has 1 fully saturated rings. The van der Waals surface area contributed by atoms with Gasteiger partial charge in [0.2, 0.25) is 0 Å². The SMILES string of the molecule is CCNC(=NCC(C)(C)SC)N1CCN(CC(C)C)CC1. The lowest BCUT2D eigenvalue weighted by atomic mass is 10.2. The molecule has 0 aromatic carbocycles. The lowest BCUT2D eigenvalue weighted by Crippen LogP contribution is -2.53. The Morgan fingerprint density at radius 1 is 1.24 bits per heavy atom. The molecule has 1 rings (SSSR count). The summed E-state index contributed by atoms with van der Waals surface area (Å²) in [5, 5.41) is 3.45. The quantitative estimate of drug-likeness (QED) is 0.602. The average molecular weight is 315 g/mol. The molecular weight excluding hydrogens is 280 g/mol. The number of thioether (sulfide) groups is 1. The van der Waals surface area contributed by atoms with Crippen LogP contribution in [0.2, 0.25) is 0 Å². The molecule has 1 aliphatic heterocycles. The van der Waals surface area contributed by atoms with Gasteiger partial charge in [-0.3, -0.25) is 9.89 Å². The maximum absolute atomic E-state index is 4.86. The Kier molecular flexibility index (Phi) is 7.88. The first kappa shape index (κ1) is 18.6. The van der Waals surface area contributed by atoms with Gasteiger partial charge in [0, 0.05) is 44.0 Å². The van der Waals surface area contributed by atoms with Gasteiger partial charge in [-0.15, -0.1) is 0 Å². The maximum atomic E-state index is 4.86. The summed E-state index contributed by atoms with van der Waals surface area (Å²) < 4.78 is 0.208. The monoisotopic (exact) mass is 314 g/mol. The smallest absolute Gasteiger partial charge is 0.194 e. The van der Waals surface area contributed by atoms with E-state index in [9.17, 15) is 0 Å². The van der Waals surface area contributed by atoms with E-state index in [1.807, 2.05) is 11.8 Å². The zero-order chi connectivity index (χ0) is 15.9. The Labute approximate surface area is 135 Å². The van der Waals surface area contributed by atoms with Crippen LogP contribution in [0.1, 0.15) is 34.6 Å². The van der Waals surface area contributed by atoms with Gasteiger partial charge in [0.1, 0.15) is 0 Å². The van der Waals surface area contributed by atoms with E-state index in [4.69, 9.17) is 4.99 Å². The van der Waals surface area contributed by atoms with E-state index in [0.29, 0.717) is 0 Å². The molecule has 0 radical (unpaired) electrons. The van der Waals surface area contributed by atoms with E-state index in [-0.39, 0.29) is 4.75 Å². The third-order valence-electron chi connectivity index (χ3n) is 3.79. The number of aliphatic imine (C=N–C) groups is 1. The Morgan fingerprint density at radius 3 is 2.33 bits per heavy atom. The number of hydrogen-bond donors (Lipinski definition) is 1. The highest BCUT2D eigenvalue weighted by Crippen LogP contribution is 2.21. The Bertz CT molecular complexity index is 320. The van der Waals surface area contributed by atoms with Crippen LogP contribution in [0.3, 0.4) is 0 Å². The number of nitrogens with one attached hydrogen (secondary N) is 1. The van der Waals surface area contributed by atoms with Crippen LogP contribution in [-0.4, -0.2) is 72.6 Å². The molecule has 21 heavy (non-hydrogen) atoms. The Hall–Kier alpha value is -0.420. The predicted molar refractivity (Wildman–Crippen MR) is 96.4 cm³/mol. The van der Waals surface area contributed by atoms with Gasteiger partial charge in [0.15, 0.2) is 5.96 Å². The minimum Gasteiger partial charge on any atom is -0.357 e. The first-order valence-electron chi connectivity index (χ1n) is 8.18. The minimum absolute atomic E-state index is 0.208. The molecule has 0 saturated carbocycles. The van der Waals surface area contributed by atoms with E-state index in [2.05, 4.69) is 56.0 Å². The van der Waals surface area contributed by atoms with Crippen LogP contribution in [0, 0.1) is 5.92 Å². The van der Waals surface area contributed by atoms with E-state index >= 15 is 0 Å². The van der Waals surface area contributed by atoms with Gasteiger partial charge in [0.05, 0.1) is 6.54 Å². The van der Waals surface area contributed by atoms with Crippen LogP contribution in [0.25, 0.3) is 0 Å². The lowest BCUT2D eigenvalue weighted by molar-refractivity contribution is 0.164. The summed E-state index contributed by atoms with van der Waals surface area (Å²) in [6.07, 6.45) is 2.16. The van der Waals surface area contributed by atoms with Gasteiger partial charge < -0.3 is 10.2 Å². The normalized spacial score (nSPS) is 18.4. The highest BCUT2D eigenvalue weighted by atomic mass is 32.2. The molecule has 0 aromatic heterocycles. The number of piperazine rings is 1. The first-order valence-corrected chi connectivity index (χ1v) is 9.41. The molecule has 124 valence electrons. The molecule has 1 saturated heterocycles. The molecule has 5 heteroatoms. The number of guanidine groups is 1. The summed E-state index contributed by atoms with van der Waals surface area (Å²) in [5.74, 6) is 1.84. The zero-order valence-corrected chi connectivity index (χ0v) is 15.6. The van der Waals surface area contributed by atoms with Crippen molar-refractivity contribution < 1.29 is 0 Å². The fourth-order valence-electron chi connectivity index (χ4n) is 2.41. The summed E-state index contributed by atoms with van der Waals surface area (Å²) >= 11 is 1.88. The second-order valence-corrected chi connectivity index (χ2v) is 8.33. The van der Waals surface area contributed by atoms with Crippen LogP contribution < -0.4 is 5.32 Å². The second-order valence-electron chi connectivity index (χ2n) is 6.82. The van der Waals surface area contributed by atoms with Crippen molar-refractivity contribution in [3.63, 3.8) is 0 Å². The van der Waals surface area contributed by atoms with Crippen LogP contribution in [-0.2, 0) is 0 Å². The third-order valence-corrected chi connectivity index (χ3v) is 5.03. The highest BCUT2D eigenvalue weighted by Gasteiger charge is 2.21. The van der Waals surface area contributed by atoms with Crippen molar-refractivity contribution in [2.75, 3.05) is 52.1 Å². The van der Waals surface area contributed by atoms with Crippen LogP contribution >= 0.6 is 11.8 Å². The summed E-state index contributed by atoms with van der Waals surface area (Å²) in [4.78, 5) is 9.84. The molecule has 0 aliphatic carbocycles. The minimum atomic E-state index is 0.208. The molecule has 1 aliphatic rings. The molecule has 0 spiro atoms. The highest BCUT2D eigenvalue weighted by molar-refractivity contribution is 7.99. The van der Waals surface area contributed by atoms with Gasteiger partial charge in [-0.1, -0.05) is 13.8 Å². The van der Waals surface area contributed by atoms with E-state index in [0.717, 1.165) is 51.1 Å². The summed E-state index contributed by atoms with van der Waals surface area (Å²) in [6.45, 7) is 18.7. The van der Waals surface area contributed by atoms with Gasteiger partial charge in [-0.05, 0) is 32.9 Å². The lowest BCUT2D eigenvalue weighted by Gasteiger charge is -2.37. The van der Waals surface area contributed by atoms with Crippen molar-refractivity contribution in [1.82, 2.24) is 15.1 Å². The zero-order valence-electron chi connectivity index (χ0n) is 14.8. The molecular formula is C16H34N4S. The Morgan fingerprint density at radius 2 is 1.86 bits per heavy atom. The van der Waals surface area contributed by atoms with Crippen LogP contribution in [0.15, 0.2) is 4.99 Å². The summed E-state index contributed by atoms with van der Waals surface area (Å²) in [6, 6.07) is 0. The van der Waals surface area contributed by atoms with E-state index in [1.54, 1.807) is 0 Å². The number of nitrogens with zero attached hydrogens (tertiary/aromatic N) is 3. The van der Waals surface area contributed by atoms with Gasteiger partial charge in [-0.25, -0.2) is 0 Å².